The van der Waals surface area contributed by atoms with Crippen molar-refractivity contribution in [2.24, 2.45) is 0 Å². The SMILES string of the molecule is [c-]1n(-c2cccc3c2nc2n3c3ccccc3c3nc4ccc(-n5c6ccccc6c6ccccc65)cc4n32)c2ccccc2[n+]1-c1c(-c2ccccc2)cccc1-c1ccccc1. The highest BCUT2D eigenvalue weighted by Gasteiger charge is 2.24. The van der Waals surface area contributed by atoms with E-state index in [0.29, 0.717) is 0 Å². The van der Waals surface area contributed by atoms with Gasteiger partial charge in [-0.2, -0.15) is 0 Å². The van der Waals surface area contributed by atoms with Crippen LogP contribution in [0.15, 0.2) is 212 Å². The summed E-state index contributed by atoms with van der Waals surface area (Å²) in [6, 6.07) is 75.4. The Kier molecular flexibility index (Phi) is 7.27. The molecule has 0 fully saturated rings. The highest BCUT2D eigenvalue weighted by molar-refractivity contribution is 6.10. The number of para-hydroxylation sites is 7. The van der Waals surface area contributed by atoms with E-state index in [4.69, 9.17) is 9.97 Å². The molecule has 298 valence electrons. The van der Waals surface area contributed by atoms with Crippen LogP contribution in [0.1, 0.15) is 0 Å². The van der Waals surface area contributed by atoms with Crippen LogP contribution in [0.5, 0.6) is 0 Å². The van der Waals surface area contributed by atoms with E-state index in [9.17, 15) is 0 Å². The molecule has 0 N–H and O–H groups in total. The van der Waals surface area contributed by atoms with Crippen molar-refractivity contribution < 1.29 is 4.57 Å². The summed E-state index contributed by atoms with van der Waals surface area (Å²) in [5, 5.41) is 3.51. The number of imidazole rings is 3. The summed E-state index contributed by atoms with van der Waals surface area (Å²) >= 11 is 0. The Morgan fingerprint density at radius 1 is 0.422 bits per heavy atom. The maximum atomic E-state index is 5.63. The smallest absolute Gasteiger partial charge is 0.269 e. The van der Waals surface area contributed by atoms with Gasteiger partial charge in [0.05, 0.1) is 55.5 Å². The van der Waals surface area contributed by atoms with Crippen LogP contribution in [0.3, 0.4) is 0 Å². The first-order chi connectivity index (χ1) is 31.8. The van der Waals surface area contributed by atoms with E-state index in [1.807, 2.05) is 0 Å². The Morgan fingerprint density at radius 3 is 1.70 bits per heavy atom. The van der Waals surface area contributed by atoms with Crippen LogP contribution in [-0.2, 0) is 0 Å². The number of fused-ring (bicyclic) bond motifs is 14. The Balaban J connectivity index is 1.05. The molecule has 0 saturated heterocycles. The van der Waals surface area contributed by atoms with Crippen LogP contribution >= 0.6 is 0 Å². The average Bonchev–Trinajstić information content (AvgIpc) is 4.14. The molecule has 0 aliphatic rings. The van der Waals surface area contributed by atoms with Gasteiger partial charge < -0.3 is 4.57 Å². The van der Waals surface area contributed by atoms with Gasteiger partial charge in [-0.15, -0.1) is 0 Å². The molecule has 5 aromatic heterocycles. The van der Waals surface area contributed by atoms with E-state index < -0.39 is 0 Å². The lowest BCUT2D eigenvalue weighted by atomic mass is 9.95. The lowest BCUT2D eigenvalue weighted by Gasteiger charge is -2.17. The molecule has 14 rings (SSSR count). The molecule has 0 saturated carbocycles. The van der Waals surface area contributed by atoms with Gasteiger partial charge in [-0.05, 0) is 76.9 Å². The highest BCUT2D eigenvalue weighted by Crippen LogP contribution is 2.38. The molecule has 0 aliphatic heterocycles. The Hall–Kier alpha value is -8.81. The Bertz CT molecular complexity index is 4080. The monoisotopic (exact) mass is 817 g/mol. The Labute approximate surface area is 366 Å². The number of aromatic nitrogens is 7. The second-order valence-electron chi connectivity index (χ2n) is 16.4. The maximum Gasteiger partial charge on any atom is 0.269 e. The zero-order chi connectivity index (χ0) is 41.9. The van der Waals surface area contributed by atoms with Gasteiger partial charge in [-0.25, -0.2) is 9.97 Å². The first-order valence-corrected chi connectivity index (χ1v) is 21.6. The maximum absolute atomic E-state index is 5.63. The van der Waals surface area contributed by atoms with Gasteiger partial charge in [0.15, 0.2) is 0 Å². The van der Waals surface area contributed by atoms with Gasteiger partial charge in [0, 0.05) is 21.8 Å². The predicted octanol–water partition coefficient (Wildman–Crippen LogP) is 12.9. The normalized spacial score (nSPS) is 12.1. The first-order valence-electron chi connectivity index (χ1n) is 21.6. The van der Waals surface area contributed by atoms with E-state index >= 15 is 0 Å². The Morgan fingerprint density at radius 2 is 1.00 bits per heavy atom. The lowest BCUT2D eigenvalue weighted by Crippen LogP contribution is -2.31. The summed E-state index contributed by atoms with van der Waals surface area (Å²) in [6.45, 7) is 0. The van der Waals surface area contributed by atoms with Gasteiger partial charge in [-0.1, -0.05) is 158 Å². The molecule has 0 amide bonds. The fourth-order valence-electron chi connectivity index (χ4n) is 10.2. The van der Waals surface area contributed by atoms with E-state index in [1.165, 1.54) is 21.8 Å². The molecule has 5 heterocycles. The van der Waals surface area contributed by atoms with Crippen molar-refractivity contribution in [3.63, 3.8) is 0 Å². The van der Waals surface area contributed by atoms with Gasteiger partial charge in [0.2, 0.25) is 5.78 Å². The van der Waals surface area contributed by atoms with Crippen LogP contribution in [0.4, 0.5) is 0 Å². The highest BCUT2D eigenvalue weighted by atomic mass is 15.2. The third-order valence-corrected chi connectivity index (χ3v) is 12.9. The fourth-order valence-corrected chi connectivity index (χ4v) is 10.2. The second kappa shape index (κ2) is 13.3. The summed E-state index contributed by atoms with van der Waals surface area (Å²) in [4.78, 5) is 11.0. The second-order valence-corrected chi connectivity index (χ2v) is 16.4. The predicted molar refractivity (Wildman–Crippen MR) is 259 cm³/mol. The van der Waals surface area contributed by atoms with Crippen LogP contribution in [0.2, 0.25) is 0 Å². The van der Waals surface area contributed by atoms with Crippen LogP contribution in [-0.4, -0.2) is 27.9 Å². The van der Waals surface area contributed by atoms with E-state index in [0.717, 1.165) is 94.7 Å². The third-order valence-electron chi connectivity index (χ3n) is 12.9. The van der Waals surface area contributed by atoms with Gasteiger partial charge in [0.1, 0.15) is 11.2 Å². The first kappa shape index (κ1) is 34.9. The number of rotatable bonds is 5. The summed E-state index contributed by atoms with van der Waals surface area (Å²) in [5.74, 6) is 0.795. The molecule has 0 aliphatic carbocycles. The third kappa shape index (κ3) is 4.89. The summed E-state index contributed by atoms with van der Waals surface area (Å²) in [7, 11) is 0. The summed E-state index contributed by atoms with van der Waals surface area (Å²) in [6.07, 6.45) is 3.89. The molecule has 0 bridgehead atoms. The van der Waals surface area contributed by atoms with Crippen LogP contribution < -0.4 is 4.57 Å². The van der Waals surface area contributed by atoms with E-state index in [1.54, 1.807) is 0 Å². The zero-order valence-electron chi connectivity index (χ0n) is 34.3. The molecule has 7 nitrogen and oxygen atoms in total. The van der Waals surface area contributed by atoms with Gasteiger partial charge >= 0.3 is 0 Å². The molecule has 7 heteroatoms. The van der Waals surface area contributed by atoms with Crippen LogP contribution in [0, 0.1) is 6.33 Å². The van der Waals surface area contributed by atoms with Crippen molar-refractivity contribution in [2.45, 2.75) is 0 Å². The quantitative estimate of drug-likeness (QED) is 0.128. The van der Waals surface area contributed by atoms with Crippen LogP contribution in [0.25, 0.3) is 117 Å². The minimum atomic E-state index is 0.795. The molecular formula is C57H35N7. The lowest BCUT2D eigenvalue weighted by molar-refractivity contribution is -0.571. The van der Waals surface area contributed by atoms with Crippen molar-refractivity contribution in [1.82, 2.24) is 27.9 Å². The topological polar surface area (TPSA) is 48.3 Å². The van der Waals surface area contributed by atoms with Crippen molar-refractivity contribution >= 4 is 77.2 Å². The molecule has 0 spiro atoms. The molecule has 9 aromatic carbocycles. The molecular weight excluding hydrogens is 783 g/mol. The van der Waals surface area contributed by atoms with Crippen molar-refractivity contribution in [3.05, 3.63) is 219 Å². The number of benzene rings is 9. The molecule has 64 heavy (non-hydrogen) atoms. The molecule has 0 radical (unpaired) electrons. The molecule has 0 unspecified atom stereocenters. The minimum absolute atomic E-state index is 0.795. The largest absolute Gasteiger partial charge is 0.309 e. The van der Waals surface area contributed by atoms with E-state index in [2.05, 4.69) is 241 Å². The molecule has 14 aromatic rings. The minimum Gasteiger partial charge on any atom is -0.309 e. The van der Waals surface area contributed by atoms with Gasteiger partial charge in [0.25, 0.3) is 6.33 Å². The number of nitrogens with zero attached hydrogens (tertiary/aromatic N) is 7. The summed E-state index contributed by atoms with van der Waals surface area (Å²) < 4.78 is 11.3. The van der Waals surface area contributed by atoms with Gasteiger partial charge in [-0.3, -0.25) is 17.9 Å². The van der Waals surface area contributed by atoms with Crippen molar-refractivity contribution in [1.29, 1.82) is 0 Å². The zero-order valence-corrected chi connectivity index (χ0v) is 34.3. The summed E-state index contributed by atoms with van der Waals surface area (Å²) in [5.41, 5.74) is 17.7. The molecule has 0 atom stereocenters. The fraction of sp³-hybridized carbons (Fsp3) is 0. The number of hydrogen-bond donors (Lipinski definition) is 0. The van der Waals surface area contributed by atoms with E-state index in [-0.39, 0.29) is 0 Å². The van der Waals surface area contributed by atoms with Crippen molar-refractivity contribution in [2.75, 3.05) is 0 Å². The average molecular weight is 818 g/mol. The number of hydrogen-bond acceptors (Lipinski definition) is 2. The standard InChI is InChI=1S/C57H35N7/c1-3-17-37(18-4-1)40-24-15-25-41(38-19-5-2-6-20-38)55(40)61-36-60(49-29-13-14-30-50(49)61)51-31-16-32-52-54(51)59-57-63(52)48-28-12-9-23-44(48)56-58-45-34-33-39(35-53(45)64(56)57)62-46-26-10-7-21-42(46)43-22-8-11-27-47(43)62/h1-35H. The van der Waals surface area contributed by atoms with Crippen molar-refractivity contribution in [3.8, 4) is 39.3 Å².